The number of likely N-dealkylation sites (tertiary alicyclic amines) is 1. The molecule has 2 aromatic rings. The smallest absolute Gasteiger partial charge is 0.255 e. The number of benzene rings is 2. The highest BCUT2D eigenvalue weighted by Gasteiger charge is 2.34. The van der Waals surface area contributed by atoms with Gasteiger partial charge in [0.15, 0.2) is 0 Å². The second-order valence-electron chi connectivity index (χ2n) is 8.42. The molecule has 0 aromatic heterocycles. The standard InChI is InChI=1S/C26H32N4O4/c1-5-9-22(29-24(31)17(2)27-3)26(33)30-13-8-12-20(30)16-28-25(32)21-14-18-10-6-7-11-19(18)15-23(21)34-4/h1,6-7,10-11,14-15,17,20,22,27H,8-9,12-13,16H2,2-4H3,(H,28,32)(H,29,31)/t17-,20?,22-/m0/s1. The summed E-state index contributed by atoms with van der Waals surface area (Å²) < 4.78 is 5.44. The van der Waals surface area contributed by atoms with Crippen molar-refractivity contribution in [2.24, 2.45) is 0 Å². The molecule has 0 radical (unpaired) electrons. The summed E-state index contributed by atoms with van der Waals surface area (Å²) in [6.07, 6.45) is 7.13. The summed E-state index contributed by atoms with van der Waals surface area (Å²) >= 11 is 0. The molecule has 3 rings (SSSR count). The van der Waals surface area contributed by atoms with Gasteiger partial charge >= 0.3 is 0 Å². The third-order valence-corrected chi connectivity index (χ3v) is 6.23. The average Bonchev–Trinajstić information content (AvgIpc) is 3.33. The first-order valence-corrected chi connectivity index (χ1v) is 11.5. The van der Waals surface area contributed by atoms with Crippen LogP contribution < -0.4 is 20.7 Å². The van der Waals surface area contributed by atoms with E-state index in [2.05, 4.69) is 21.9 Å². The lowest BCUT2D eigenvalue weighted by Crippen LogP contribution is -2.54. The van der Waals surface area contributed by atoms with Crippen molar-refractivity contribution in [3.8, 4) is 18.1 Å². The van der Waals surface area contributed by atoms with Crippen molar-refractivity contribution >= 4 is 28.5 Å². The number of carbonyl (C=O) groups is 3. The Morgan fingerprint density at radius 2 is 1.94 bits per heavy atom. The molecule has 1 fully saturated rings. The lowest BCUT2D eigenvalue weighted by molar-refractivity contribution is -0.137. The van der Waals surface area contributed by atoms with Gasteiger partial charge in [-0.05, 0) is 49.7 Å². The van der Waals surface area contributed by atoms with Crippen LogP contribution in [0.5, 0.6) is 5.75 Å². The monoisotopic (exact) mass is 464 g/mol. The first kappa shape index (κ1) is 25.1. The molecule has 2 aromatic carbocycles. The van der Waals surface area contributed by atoms with Crippen LogP contribution in [-0.4, -0.2) is 68.0 Å². The van der Waals surface area contributed by atoms with Gasteiger partial charge in [0, 0.05) is 25.6 Å². The summed E-state index contributed by atoms with van der Waals surface area (Å²) in [7, 11) is 3.21. The molecule has 3 amide bonds. The van der Waals surface area contributed by atoms with Crippen LogP contribution in [0.4, 0.5) is 0 Å². The fraction of sp³-hybridized carbons (Fsp3) is 0.423. The van der Waals surface area contributed by atoms with Crippen LogP contribution in [0.15, 0.2) is 36.4 Å². The van der Waals surface area contributed by atoms with Crippen LogP contribution in [0, 0.1) is 12.3 Å². The molecule has 0 spiro atoms. The molecule has 1 unspecified atom stereocenters. The number of hydrogen-bond donors (Lipinski definition) is 3. The van der Waals surface area contributed by atoms with E-state index in [1.807, 2.05) is 36.4 Å². The van der Waals surface area contributed by atoms with Crippen molar-refractivity contribution in [3.63, 3.8) is 0 Å². The van der Waals surface area contributed by atoms with Gasteiger partial charge in [0.1, 0.15) is 11.8 Å². The number of fused-ring (bicyclic) bond motifs is 1. The minimum absolute atomic E-state index is 0.102. The number of methoxy groups -OCH3 is 1. The van der Waals surface area contributed by atoms with Crippen LogP contribution in [0.3, 0.4) is 0 Å². The first-order valence-electron chi connectivity index (χ1n) is 11.5. The van der Waals surface area contributed by atoms with E-state index in [0.29, 0.717) is 24.4 Å². The van der Waals surface area contributed by atoms with Crippen molar-refractivity contribution in [1.29, 1.82) is 0 Å². The molecule has 8 heteroatoms. The Morgan fingerprint density at radius 1 is 1.24 bits per heavy atom. The van der Waals surface area contributed by atoms with Crippen molar-refractivity contribution in [2.75, 3.05) is 27.2 Å². The molecule has 1 heterocycles. The van der Waals surface area contributed by atoms with Gasteiger partial charge in [0.05, 0.1) is 18.7 Å². The molecule has 34 heavy (non-hydrogen) atoms. The van der Waals surface area contributed by atoms with E-state index >= 15 is 0 Å². The number of likely N-dealkylation sites (N-methyl/N-ethyl adjacent to an activating group) is 1. The Hall–Kier alpha value is -3.57. The molecule has 0 aliphatic carbocycles. The van der Waals surface area contributed by atoms with E-state index in [1.54, 1.807) is 18.9 Å². The Kier molecular flexibility index (Phi) is 8.50. The number of terminal acetylenes is 1. The number of rotatable bonds is 9. The number of ether oxygens (including phenoxy) is 1. The third kappa shape index (κ3) is 5.67. The summed E-state index contributed by atoms with van der Waals surface area (Å²) in [4.78, 5) is 40.2. The van der Waals surface area contributed by atoms with E-state index in [-0.39, 0.29) is 30.2 Å². The predicted octanol–water partition coefficient (Wildman–Crippen LogP) is 1.69. The van der Waals surface area contributed by atoms with E-state index in [0.717, 1.165) is 23.6 Å². The van der Waals surface area contributed by atoms with Gasteiger partial charge in [-0.15, -0.1) is 12.3 Å². The highest BCUT2D eigenvalue weighted by atomic mass is 16.5. The average molecular weight is 465 g/mol. The summed E-state index contributed by atoms with van der Waals surface area (Å²) in [6, 6.07) is 9.98. The van der Waals surface area contributed by atoms with E-state index < -0.39 is 12.1 Å². The number of nitrogens with zero attached hydrogens (tertiary/aromatic N) is 1. The van der Waals surface area contributed by atoms with Gasteiger partial charge in [-0.3, -0.25) is 14.4 Å². The summed E-state index contributed by atoms with van der Waals surface area (Å²) in [6.45, 7) is 2.56. The minimum atomic E-state index is -0.801. The van der Waals surface area contributed by atoms with E-state index in [1.165, 1.54) is 7.11 Å². The highest BCUT2D eigenvalue weighted by molar-refractivity contribution is 6.01. The van der Waals surface area contributed by atoms with Gasteiger partial charge in [-0.1, -0.05) is 24.3 Å². The van der Waals surface area contributed by atoms with Crippen molar-refractivity contribution < 1.29 is 19.1 Å². The van der Waals surface area contributed by atoms with E-state index in [4.69, 9.17) is 11.2 Å². The van der Waals surface area contributed by atoms with Gasteiger partial charge in [0.25, 0.3) is 5.91 Å². The molecule has 0 bridgehead atoms. The van der Waals surface area contributed by atoms with Crippen LogP contribution in [-0.2, 0) is 9.59 Å². The summed E-state index contributed by atoms with van der Waals surface area (Å²) in [5, 5.41) is 10.5. The van der Waals surface area contributed by atoms with Gasteiger partial charge < -0.3 is 25.6 Å². The van der Waals surface area contributed by atoms with Crippen LogP contribution >= 0.6 is 0 Å². The fourth-order valence-electron chi connectivity index (χ4n) is 4.16. The molecule has 180 valence electrons. The zero-order chi connectivity index (χ0) is 24.7. The Balaban J connectivity index is 1.69. The highest BCUT2D eigenvalue weighted by Crippen LogP contribution is 2.26. The normalized spacial score (nSPS) is 17.0. The summed E-state index contributed by atoms with van der Waals surface area (Å²) in [5.74, 6) is 2.19. The quantitative estimate of drug-likeness (QED) is 0.491. The number of nitrogens with one attached hydrogen (secondary N) is 3. The second-order valence-corrected chi connectivity index (χ2v) is 8.42. The Bertz CT molecular complexity index is 1090. The van der Waals surface area contributed by atoms with Crippen LogP contribution in [0.25, 0.3) is 10.8 Å². The first-order chi connectivity index (χ1) is 16.4. The van der Waals surface area contributed by atoms with Gasteiger partial charge in [-0.2, -0.15) is 0 Å². The number of amides is 3. The zero-order valence-corrected chi connectivity index (χ0v) is 19.9. The molecule has 1 aliphatic heterocycles. The molecular weight excluding hydrogens is 432 g/mol. The number of hydrogen-bond acceptors (Lipinski definition) is 5. The molecule has 3 N–H and O–H groups in total. The van der Waals surface area contributed by atoms with E-state index in [9.17, 15) is 14.4 Å². The molecule has 8 nitrogen and oxygen atoms in total. The lowest BCUT2D eigenvalue weighted by atomic mass is 10.0. The number of carbonyl (C=O) groups excluding carboxylic acids is 3. The van der Waals surface area contributed by atoms with Crippen molar-refractivity contribution in [2.45, 2.75) is 44.3 Å². The predicted molar refractivity (Wildman–Crippen MR) is 131 cm³/mol. The van der Waals surface area contributed by atoms with Crippen LogP contribution in [0.1, 0.15) is 36.5 Å². The summed E-state index contributed by atoms with van der Waals surface area (Å²) in [5.41, 5.74) is 0.440. The molecule has 0 saturated carbocycles. The van der Waals surface area contributed by atoms with Crippen molar-refractivity contribution in [1.82, 2.24) is 20.9 Å². The Labute approximate surface area is 200 Å². The fourth-order valence-corrected chi connectivity index (χ4v) is 4.16. The lowest BCUT2D eigenvalue weighted by Gasteiger charge is -2.29. The zero-order valence-electron chi connectivity index (χ0n) is 19.9. The van der Waals surface area contributed by atoms with Gasteiger partial charge in [0.2, 0.25) is 11.8 Å². The maximum Gasteiger partial charge on any atom is 0.255 e. The molecule has 3 atom stereocenters. The third-order valence-electron chi connectivity index (χ3n) is 6.23. The SMILES string of the molecule is C#CC[C@H](NC(=O)[C@H](C)NC)C(=O)N1CCCC1CNC(=O)c1cc2ccccc2cc1OC. The molecule has 1 saturated heterocycles. The maximum absolute atomic E-state index is 13.2. The maximum atomic E-state index is 13.2. The molecular formula is C26H32N4O4. The minimum Gasteiger partial charge on any atom is -0.496 e. The largest absolute Gasteiger partial charge is 0.496 e. The van der Waals surface area contributed by atoms with Gasteiger partial charge in [-0.25, -0.2) is 0 Å². The molecule has 1 aliphatic rings. The van der Waals surface area contributed by atoms with Crippen LogP contribution in [0.2, 0.25) is 0 Å². The Morgan fingerprint density at radius 3 is 2.59 bits per heavy atom. The topological polar surface area (TPSA) is 99.8 Å². The van der Waals surface area contributed by atoms with Crippen molar-refractivity contribution in [3.05, 3.63) is 42.0 Å². The second kappa shape index (κ2) is 11.5.